The lowest BCUT2D eigenvalue weighted by atomic mass is 9.77. The average molecular weight is 1590 g/mol. The number of aliphatic carboxylic acids is 1. The highest BCUT2D eigenvalue weighted by Crippen LogP contribution is 2.47. The maximum atomic E-state index is 14.7. The molecule has 0 unspecified atom stereocenters. The molecule has 3 saturated heterocycles. The molecule has 4 aromatic carbocycles. The second kappa shape index (κ2) is 35.9. The van der Waals surface area contributed by atoms with Crippen molar-refractivity contribution in [3.63, 3.8) is 0 Å². The number of methoxy groups -OCH3 is 2. The van der Waals surface area contributed by atoms with Crippen molar-refractivity contribution >= 4 is 82.4 Å². The Morgan fingerprint density at radius 3 is 1.36 bits per heavy atom. The van der Waals surface area contributed by atoms with Gasteiger partial charge in [-0.15, -0.1) is 10.2 Å². The number of phenolic OH excluding ortho intramolecular Hbond substituents is 1. The summed E-state index contributed by atoms with van der Waals surface area (Å²) in [6.45, 7) is 9.97. The number of hydrogen-bond acceptors (Lipinski definition) is 19. The fourth-order valence-electron chi connectivity index (χ4n) is 16.9. The monoisotopic (exact) mass is 1590 g/mol. The molecule has 2 aliphatic carbocycles. The summed E-state index contributed by atoms with van der Waals surface area (Å²) >= 11 is 19.7. The highest BCUT2D eigenvalue weighted by atomic mass is 35.5. The van der Waals surface area contributed by atoms with Gasteiger partial charge in [-0.05, 0) is 150 Å². The van der Waals surface area contributed by atoms with Crippen LogP contribution in [0.25, 0.3) is 0 Å². The van der Waals surface area contributed by atoms with Crippen molar-refractivity contribution in [1.82, 2.24) is 59.4 Å². The van der Waals surface area contributed by atoms with Crippen molar-refractivity contribution in [3.8, 4) is 28.7 Å². The van der Waals surface area contributed by atoms with Gasteiger partial charge in [0.25, 0.3) is 0 Å². The molecule has 8 heterocycles. The zero-order valence-corrected chi connectivity index (χ0v) is 66.3. The van der Waals surface area contributed by atoms with Gasteiger partial charge < -0.3 is 63.1 Å². The van der Waals surface area contributed by atoms with Gasteiger partial charge in [0.05, 0.1) is 68.4 Å². The molecule has 6 aromatic rings. The number of carbonyl (C=O) groups is 8. The lowest BCUT2D eigenvalue weighted by Gasteiger charge is -2.43. The number of nitrogens with zero attached hydrogens (tertiary/aromatic N) is 12. The first-order chi connectivity index (χ1) is 53.3. The van der Waals surface area contributed by atoms with Gasteiger partial charge in [-0.1, -0.05) is 70.9 Å². The van der Waals surface area contributed by atoms with Crippen molar-refractivity contribution in [2.45, 2.75) is 173 Å². The molecular formula is C80H99Cl3N12O16. The summed E-state index contributed by atoms with van der Waals surface area (Å²) in [4.78, 5) is 115. The van der Waals surface area contributed by atoms with Gasteiger partial charge in [0.1, 0.15) is 65.6 Å². The van der Waals surface area contributed by atoms with Crippen molar-refractivity contribution < 1.29 is 77.0 Å². The normalized spacial score (nSPS) is 21.6. The summed E-state index contributed by atoms with van der Waals surface area (Å²) < 4.78 is 37.9. The van der Waals surface area contributed by atoms with Crippen molar-refractivity contribution in [3.05, 3.63) is 132 Å². The first-order valence-electron chi connectivity index (χ1n) is 38.4. The highest BCUT2D eigenvalue weighted by Gasteiger charge is 2.47. The van der Waals surface area contributed by atoms with Crippen molar-refractivity contribution in [2.75, 3.05) is 73.1 Å². The number of hydrogen-bond donors (Lipinski definition) is 2. The number of halogens is 3. The largest absolute Gasteiger partial charge is 0.508 e. The Morgan fingerprint density at radius 2 is 0.937 bits per heavy atom. The van der Waals surface area contributed by atoms with Gasteiger partial charge in [0, 0.05) is 136 Å². The first-order valence-corrected chi connectivity index (χ1v) is 39.5. The Balaban J connectivity index is 0.000000162. The third-order valence-corrected chi connectivity index (χ3v) is 23.4. The quantitative estimate of drug-likeness (QED) is 0.0671. The number of aromatic nitrogens is 6. The van der Waals surface area contributed by atoms with E-state index >= 15 is 0 Å². The number of phenols is 1. The van der Waals surface area contributed by atoms with E-state index in [0.29, 0.717) is 184 Å². The van der Waals surface area contributed by atoms with Gasteiger partial charge in [-0.2, -0.15) is 0 Å². The predicted octanol–water partition coefficient (Wildman–Crippen LogP) is 11.2. The molecule has 5 fully saturated rings. The SMILES string of the molecule is CC(C)(C)OC(=O)N1CCc2c(Cl)ccc(O)c2[C@H]1CN1CCCC1=O.COc1ccc(COC(=O)[C@H]2CCCC[C@H]2C(=O)N2CCc3c(Cl)ccc(OCc4cn(C)nn4)c3[C@H]2CN2CCCC2=O)c(OC)c1.Cn1cc(COc2ccc(Cl)c3c2[C@@H](CN2CCCC2=O)N(C(=O)[C@@H]2CCCC[C@@H]2C(=O)O)CC3)nn1. The number of carboxylic acid groups (broad SMARTS) is 1. The number of amides is 6. The van der Waals surface area contributed by atoms with Crippen LogP contribution in [0.2, 0.25) is 15.1 Å². The zero-order valence-electron chi connectivity index (χ0n) is 64.0. The number of benzene rings is 4. The first kappa shape index (κ1) is 81.1. The molecule has 596 valence electrons. The Labute approximate surface area is 660 Å². The Kier molecular flexibility index (Phi) is 26.3. The molecule has 0 radical (unpaired) electrons. The molecule has 7 atom stereocenters. The van der Waals surface area contributed by atoms with E-state index in [-0.39, 0.29) is 55.1 Å². The Bertz CT molecular complexity index is 4430. The van der Waals surface area contributed by atoms with Crippen LogP contribution in [0, 0.1) is 23.7 Å². The third kappa shape index (κ3) is 18.9. The molecule has 28 nitrogen and oxygen atoms in total. The molecule has 8 aliphatic rings. The van der Waals surface area contributed by atoms with Crippen LogP contribution in [0.5, 0.6) is 28.7 Å². The number of rotatable bonds is 20. The van der Waals surface area contributed by atoms with E-state index in [9.17, 15) is 48.6 Å². The van der Waals surface area contributed by atoms with Gasteiger partial charge in [-0.3, -0.25) is 47.8 Å². The van der Waals surface area contributed by atoms with E-state index in [1.54, 1.807) is 112 Å². The number of esters is 1. The number of ether oxygens (including phenoxy) is 6. The smallest absolute Gasteiger partial charge is 0.410 e. The van der Waals surface area contributed by atoms with Crippen molar-refractivity contribution in [1.29, 1.82) is 0 Å². The van der Waals surface area contributed by atoms with Crippen LogP contribution in [0.15, 0.2) is 67.0 Å². The van der Waals surface area contributed by atoms with E-state index in [4.69, 9.17) is 63.2 Å². The van der Waals surface area contributed by atoms with Crippen molar-refractivity contribution in [2.24, 2.45) is 37.8 Å². The minimum absolute atomic E-state index is 0.0190. The van der Waals surface area contributed by atoms with Crippen LogP contribution in [-0.2, 0) is 96.2 Å². The molecule has 111 heavy (non-hydrogen) atoms. The lowest BCUT2D eigenvalue weighted by molar-refractivity contribution is -0.159. The van der Waals surface area contributed by atoms with Crippen LogP contribution in [0.3, 0.4) is 0 Å². The van der Waals surface area contributed by atoms with Gasteiger partial charge in [0.2, 0.25) is 29.5 Å². The Hall–Kier alpha value is -9.41. The van der Waals surface area contributed by atoms with E-state index in [1.807, 2.05) is 42.7 Å². The summed E-state index contributed by atoms with van der Waals surface area (Å²) in [6.07, 6.45) is 14.1. The Morgan fingerprint density at radius 1 is 0.505 bits per heavy atom. The summed E-state index contributed by atoms with van der Waals surface area (Å²) in [6, 6.07) is 14.3. The lowest BCUT2D eigenvalue weighted by Crippen LogP contribution is -2.50. The summed E-state index contributed by atoms with van der Waals surface area (Å²) in [7, 11) is 6.70. The van der Waals surface area contributed by atoms with Gasteiger partial charge >= 0.3 is 18.0 Å². The minimum Gasteiger partial charge on any atom is -0.508 e. The van der Waals surface area contributed by atoms with E-state index in [2.05, 4.69) is 20.6 Å². The predicted molar refractivity (Wildman–Crippen MR) is 408 cm³/mol. The number of likely N-dealkylation sites (tertiary alicyclic amines) is 3. The number of aromatic hydroxyl groups is 1. The van der Waals surface area contributed by atoms with E-state index in [0.717, 1.165) is 72.8 Å². The fraction of sp³-hybridized carbons (Fsp3) is 0.550. The molecule has 2 saturated carbocycles. The molecular weight excluding hydrogens is 1490 g/mol. The molecule has 0 bridgehead atoms. The van der Waals surface area contributed by atoms with Gasteiger partial charge in [-0.25, -0.2) is 4.79 Å². The number of aryl methyl sites for hydroxylation is 2. The molecule has 6 aliphatic heterocycles. The molecule has 6 amide bonds. The van der Waals surface area contributed by atoms with E-state index in [1.165, 1.54) is 0 Å². The minimum atomic E-state index is -0.919. The molecule has 2 aromatic heterocycles. The van der Waals surface area contributed by atoms with E-state index < -0.39 is 65.4 Å². The molecule has 0 spiro atoms. The van der Waals surface area contributed by atoms with Crippen LogP contribution >= 0.6 is 34.8 Å². The number of carboxylic acids is 1. The van der Waals surface area contributed by atoms with Crippen LogP contribution in [0.1, 0.15) is 179 Å². The number of carbonyl (C=O) groups excluding carboxylic acids is 7. The van der Waals surface area contributed by atoms with Gasteiger partial charge in [0.15, 0.2) is 0 Å². The summed E-state index contributed by atoms with van der Waals surface area (Å²) in [5, 5.41) is 38.2. The molecule has 2 N–H and O–H groups in total. The highest BCUT2D eigenvalue weighted by molar-refractivity contribution is 6.32. The maximum Gasteiger partial charge on any atom is 0.410 e. The fourth-order valence-corrected chi connectivity index (χ4v) is 17.6. The topological polar surface area (TPSA) is 313 Å². The zero-order chi connectivity index (χ0) is 78.9. The third-order valence-electron chi connectivity index (χ3n) is 22.3. The average Bonchev–Trinajstić information content (AvgIpc) is 1.77. The van der Waals surface area contributed by atoms with Crippen LogP contribution in [0.4, 0.5) is 4.79 Å². The number of fused-ring (bicyclic) bond motifs is 3. The van der Waals surface area contributed by atoms with Crippen LogP contribution < -0.4 is 18.9 Å². The molecule has 31 heteroatoms. The summed E-state index contributed by atoms with van der Waals surface area (Å²) in [5.41, 5.74) is 6.25. The summed E-state index contributed by atoms with van der Waals surface area (Å²) in [5.74, 6) is -1.34. The molecule has 14 rings (SSSR count). The second-order valence-electron chi connectivity index (χ2n) is 30.7. The second-order valence-corrected chi connectivity index (χ2v) is 31.9. The van der Waals surface area contributed by atoms with Crippen LogP contribution in [-0.4, -0.2) is 196 Å². The standard InChI is InChI=1S/C35H42ClN5O7.C26H32ClN5O5.C19H25ClN2O4/c1-39-18-23(37-38-39)21-47-30-13-12-28(36)27-14-16-41(29(33(27)30)19-40-15-6-9-32(40)42)34(43)25-7-4-5-8-26(25)35(44)48-20-22-10-11-24(45-2)17-31(22)46-3;1-30-13-16(28-29-30)15-37-22-9-8-20(27)19-10-12-32(21(24(19)22)14-31-11-4-7-23(31)33)25(34)17-5-2-3-6-18(17)26(35)36;1-19(2,3)26-18(25)22-10-8-12-13(20)6-7-15(23)17(12)14(22)11-21-9-4-5-16(21)24/h10-13,17-18,25-26,29H,4-9,14-16,19-21H2,1-3H3;8-9,13,17-18,21H,2-7,10-12,14-15H2,1H3,(H,35,36);6-7,14,23H,4-5,8-11H2,1-3H3/t25-,26+,29-;17-,18+,21-;14-/m111/s1. The maximum absolute atomic E-state index is 14.7.